The number of nitrogens with zero attached hydrogens (tertiary/aromatic N) is 1. The Labute approximate surface area is 224 Å². The minimum absolute atomic E-state index is 0.0110. The Morgan fingerprint density at radius 2 is 1.42 bits per heavy atom. The van der Waals surface area contributed by atoms with Crippen molar-refractivity contribution in [1.82, 2.24) is 0 Å². The molecule has 212 valence electrons. The monoisotopic (exact) mass is 577 g/mol. The Bertz CT molecular complexity index is 1030. The lowest BCUT2D eigenvalue weighted by molar-refractivity contribution is -0.384. The molecule has 1 aliphatic rings. The molecular weight excluding hydrogens is 545 g/mol. The number of non-ortho nitro benzene ring substituents is 1. The molecule has 0 unspecified atom stereocenters. The summed E-state index contributed by atoms with van der Waals surface area (Å²) in [6, 6.07) is 5.58. The summed E-state index contributed by atoms with van der Waals surface area (Å²) in [5, 5.41) is 11.0. The van der Waals surface area contributed by atoms with Gasteiger partial charge in [0.2, 0.25) is 0 Å². The molecule has 1 saturated heterocycles. The second-order valence-corrected chi connectivity index (χ2v) is 11.4. The van der Waals surface area contributed by atoms with Crippen LogP contribution in [-0.2, 0) is 46.9 Å². The van der Waals surface area contributed by atoms with Gasteiger partial charge >= 0.3 is 25.5 Å². The van der Waals surface area contributed by atoms with E-state index >= 15 is 0 Å². The number of carbonyl (C=O) groups excluding carboxylic acids is 3. The molecule has 0 amide bonds. The topological polar surface area (TPSA) is 167 Å². The molecule has 0 N–H and O–H groups in total. The van der Waals surface area contributed by atoms with Crippen LogP contribution in [0.3, 0.4) is 0 Å². The third-order valence-corrected chi connectivity index (χ3v) is 8.40. The van der Waals surface area contributed by atoms with Gasteiger partial charge in [-0.2, -0.15) is 0 Å². The van der Waals surface area contributed by atoms with E-state index in [4.69, 9.17) is 28.0 Å². The summed E-state index contributed by atoms with van der Waals surface area (Å²) in [4.78, 5) is 47.0. The van der Waals surface area contributed by atoms with Crippen LogP contribution in [0.1, 0.15) is 41.0 Å². The van der Waals surface area contributed by atoms with Crippen molar-refractivity contribution in [2.75, 3.05) is 19.4 Å². The average Bonchev–Trinajstić information content (AvgIpc) is 2.81. The Kier molecular flexibility index (Phi) is 12.2. The number of hydrogen-bond acceptors (Lipinski definition) is 13. The van der Waals surface area contributed by atoms with Crippen molar-refractivity contribution in [2.24, 2.45) is 0 Å². The SMILES string of the molecule is CCOP(=O)(CC[C@H]1O[C@H](Sc2ccc([N+](=O)[O-])cc2)[C@@H](OC(C)=O)[C@@H](OC(C)=O)[C@@H]1OC(C)=O)OCC. The molecule has 38 heavy (non-hydrogen) atoms. The smallest absolute Gasteiger partial charge is 0.330 e. The van der Waals surface area contributed by atoms with Gasteiger partial charge in [0.25, 0.3) is 5.69 Å². The maximum absolute atomic E-state index is 13.1. The Morgan fingerprint density at radius 1 is 0.921 bits per heavy atom. The largest absolute Gasteiger partial charge is 0.456 e. The van der Waals surface area contributed by atoms with E-state index in [1.807, 2.05) is 0 Å². The Hall–Kier alpha value is -2.51. The van der Waals surface area contributed by atoms with Crippen molar-refractivity contribution < 1.29 is 51.9 Å². The van der Waals surface area contributed by atoms with Crippen LogP contribution in [0.5, 0.6) is 0 Å². The lowest BCUT2D eigenvalue weighted by Gasteiger charge is -2.44. The molecule has 1 heterocycles. The van der Waals surface area contributed by atoms with Crippen molar-refractivity contribution in [2.45, 2.75) is 75.8 Å². The first-order valence-electron chi connectivity index (χ1n) is 11.9. The van der Waals surface area contributed by atoms with E-state index < -0.39 is 60.3 Å². The predicted molar refractivity (Wildman–Crippen MR) is 135 cm³/mol. The molecule has 1 aromatic carbocycles. The molecule has 1 fully saturated rings. The van der Waals surface area contributed by atoms with Gasteiger partial charge in [-0.1, -0.05) is 11.8 Å². The van der Waals surface area contributed by atoms with Crippen LogP contribution < -0.4 is 0 Å². The number of nitro benzene ring substituents is 1. The second-order valence-electron chi connectivity index (χ2n) is 8.09. The van der Waals surface area contributed by atoms with Gasteiger partial charge in [0.15, 0.2) is 18.3 Å². The van der Waals surface area contributed by atoms with E-state index in [9.17, 15) is 29.1 Å². The average molecular weight is 578 g/mol. The first-order chi connectivity index (χ1) is 17.9. The summed E-state index contributed by atoms with van der Waals surface area (Å²) in [5.41, 5.74) is -1.12. The molecule has 13 nitrogen and oxygen atoms in total. The van der Waals surface area contributed by atoms with Crippen LogP contribution in [0.25, 0.3) is 0 Å². The molecule has 1 aromatic rings. The maximum Gasteiger partial charge on any atom is 0.330 e. The summed E-state index contributed by atoms with van der Waals surface area (Å²) in [5.74, 6) is -2.14. The number of esters is 3. The summed E-state index contributed by atoms with van der Waals surface area (Å²) in [7, 11) is -3.52. The minimum atomic E-state index is -3.52. The number of thioether (sulfide) groups is 1. The van der Waals surface area contributed by atoms with Gasteiger partial charge in [-0.15, -0.1) is 0 Å². The number of ether oxygens (including phenoxy) is 4. The van der Waals surface area contributed by atoms with E-state index in [1.54, 1.807) is 13.8 Å². The Morgan fingerprint density at radius 3 is 1.89 bits per heavy atom. The quantitative estimate of drug-likeness (QED) is 0.109. The molecule has 0 spiro atoms. The molecule has 5 atom stereocenters. The van der Waals surface area contributed by atoms with Crippen LogP contribution in [0.2, 0.25) is 0 Å². The highest BCUT2D eigenvalue weighted by Gasteiger charge is 2.52. The number of carbonyl (C=O) groups is 3. The van der Waals surface area contributed by atoms with Crippen LogP contribution in [0, 0.1) is 10.1 Å². The second kappa shape index (κ2) is 14.6. The molecule has 2 rings (SSSR count). The zero-order chi connectivity index (χ0) is 28.5. The summed E-state index contributed by atoms with van der Waals surface area (Å²) < 4.78 is 46.4. The van der Waals surface area contributed by atoms with Gasteiger partial charge in [-0.3, -0.25) is 29.1 Å². The zero-order valence-electron chi connectivity index (χ0n) is 21.7. The van der Waals surface area contributed by atoms with E-state index in [-0.39, 0.29) is 31.5 Å². The van der Waals surface area contributed by atoms with E-state index in [1.165, 1.54) is 24.3 Å². The molecule has 0 saturated carbocycles. The van der Waals surface area contributed by atoms with Gasteiger partial charge in [0.05, 0.1) is 24.3 Å². The summed E-state index contributed by atoms with van der Waals surface area (Å²) >= 11 is 1.06. The van der Waals surface area contributed by atoms with Gasteiger partial charge in [-0.25, -0.2) is 0 Å². The molecular formula is C23H32NO12PS. The van der Waals surface area contributed by atoms with Crippen molar-refractivity contribution in [1.29, 1.82) is 0 Å². The molecule has 1 aliphatic heterocycles. The van der Waals surface area contributed by atoms with Crippen molar-refractivity contribution >= 4 is 43.0 Å². The molecule has 0 aromatic heterocycles. The third-order valence-electron chi connectivity index (χ3n) is 5.14. The van der Waals surface area contributed by atoms with Crippen LogP contribution >= 0.6 is 19.4 Å². The highest BCUT2D eigenvalue weighted by molar-refractivity contribution is 7.99. The fraction of sp³-hybridized carbons (Fsp3) is 0.609. The van der Waals surface area contributed by atoms with Crippen molar-refractivity contribution in [3.63, 3.8) is 0 Å². The predicted octanol–water partition coefficient (Wildman–Crippen LogP) is 3.86. The van der Waals surface area contributed by atoms with E-state index in [0.717, 1.165) is 32.5 Å². The lowest BCUT2D eigenvalue weighted by Crippen LogP contribution is -2.60. The molecule has 0 aliphatic carbocycles. The minimum Gasteiger partial charge on any atom is -0.456 e. The first kappa shape index (κ1) is 31.7. The standard InChI is InChI=1S/C23H32NO12PS/c1-6-31-37(30,32-7-2)13-12-19-20(33-14(3)25)21(34-15(4)26)22(35-16(5)27)23(36-19)38-18-10-8-17(9-11-18)24(28)29/h8-11,19-23H,6-7,12-13H2,1-5H3/t19-,20-,21+,22+,23-/m1/s1. The lowest BCUT2D eigenvalue weighted by atomic mass is 9.97. The van der Waals surface area contributed by atoms with Gasteiger partial charge < -0.3 is 28.0 Å². The number of rotatable bonds is 13. The van der Waals surface area contributed by atoms with Crippen LogP contribution in [0.4, 0.5) is 5.69 Å². The van der Waals surface area contributed by atoms with Gasteiger partial charge in [-0.05, 0) is 32.4 Å². The summed E-state index contributed by atoms with van der Waals surface area (Å²) in [6.45, 7) is 7.08. The van der Waals surface area contributed by atoms with Crippen molar-refractivity contribution in [3.05, 3.63) is 34.4 Å². The number of benzene rings is 1. The van der Waals surface area contributed by atoms with Gasteiger partial charge in [0, 0.05) is 37.8 Å². The fourth-order valence-corrected chi connectivity index (χ4v) is 6.60. The summed E-state index contributed by atoms with van der Waals surface area (Å²) in [6.07, 6.45) is -4.77. The number of hydrogen-bond donors (Lipinski definition) is 0. The normalized spacial score (nSPS) is 23.3. The maximum atomic E-state index is 13.1. The Balaban J connectivity index is 2.47. The molecule has 0 bridgehead atoms. The highest BCUT2D eigenvalue weighted by atomic mass is 32.2. The van der Waals surface area contributed by atoms with Crippen molar-refractivity contribution in [3.8, 4) is 0 Å². The highest BCUT2D eigenvalue weighted by Crippen LogP contribution is 2.50. The van der Waals surface area contributed by atoms with E-state index in [0.29, 0.717) is 4.90 Å². The van der Waals surface area contributed by atoms with Gasteiger partial charge in [0.1, 0.15) is 11.5 Å². The van der Waals surface area contributed by atoms with Crippen LogP contribution in [-0.4, -0.2) is 72.1 Å². The molecule has 0 radical (unpaired) electrons. The first-order valence-corrected chi connectivity index (χ1v) is 14.5. The third kappa shape index (κ3) is 9.35. The van der Waals surface area contributed by atoms with E-state index in [2.05, 4.69) is 0 Å². The zero-order valence-corrected chi connectivity index (χ0v) is 23.4. The van der Waals surface area contributed by atoms with Crippen LogP contribution in [0.15, 0.2) is 29.2 Å². The fourth-order valence-electron chi connectivity index (χ4n) is 3.81. The number of nitro groups is 1. The molecule has 15 heteroatoms.